The van der Waals surface area contributed by atoms with E-state index in [-0.39, 0.29) is 0 Å². The minimum Gasteiger partial charge on any atom is -0.398 e. The third-order valence-corrected chi connectivity index (χ3v) is 6.34. The maximum atomic E-state index is 5.59. The minimum absolute atomic E-state index is 0.745. The predicted octanol–water partition coefficient (Wildman–Crippen LogP) is 1.71. The number of rotatable bonds is 10. The van der Waals surface area contributed by atoms with Crippen molar-refractivity contribution in [2.45, 2.75) is 25.4 Å². The largest absolute Gasteiger partial charge is 0.398 e. The first-order valence-electron chi connectivity index (χ1n) is 5.93. The van der Waals surface area contributed by atoms with E-state index in [1.165, 1.54) is 0 Å². The van der Waals surface area contributed by atoms with Gasteiger partial charge in [0.2, 0.25) is 0 Å². The van der Waals surface area contributed by atoms with Crippen LogP contribution in [0.5, 0.6) is 0 Å². The molecule has 5 heteroatoms. The quantitative estimate of drug-likeness (QED) is 0.436. The zero-order valence-electron chi connectivity index (χ0n) is 11.4. The van der Waals surface area contributed by atoms with Crippen LogP contribution in [-0.4, -0.2) is 61.5 Å². The highest BCUT2D eigenvalue weighted by Gasteiger charge is 2.32. The van der Waals surface area contributed by atoms with E-state index in [0.29, 0.717) is 0 Å². The summed E-state index contributed by atoms with van der Waals surface area (Å²) in [7, 11) is 5.70. The Morgan fingerprint density at radius 3 is 2.12 bits per heavy atom. The van der Waals surface area contributed by atoms with E-state index in [4.69, 9.17) is 13.6 Å². The van der Waals surface area contributed by atoms with Crippen molar-refractivity contribution < 1.29 is 13.6 Å². The van der Waals surface area contributed by atoms with Crippen molar-refractivity contribution >= 4 is 8.56 Å². The highest BCUT2D eigenvalue weighted by atomic mass is 28.4. The van der Waals surface area contributed by atoms with Gasteiger partial charge in [-0.05, 0) is 33.1 Å². The summed E-state index contributed by atoms with van der Waals surface area (Å²) in [6, 6.07) is 1.89. The van der Waals surface area contributed by atoms with Crippen molar-refractivity contribution in [3.8, 4) is 0 Å². The fourth-order valence-corrected chi connectivity index (χ4v) is 3.53. The van der Waals surface area contributed by atoms with Crippen LogP contribution in [0.1, 0.15) is 13.3 Å². The second-order valence-corrected chi connectivity index (χ2v) is 8.04. The van der Waals surface area contributed by atoms with Gasteiger partial charge in [0, 0.05) is 33.5 Å². The molecule has 16 heavy (non-hydrogen) atoms. The Morgan fingerprint density at radius 2 is 1.69 bits per heavy atom. The molecular weight excluding hydrogens is 222 g/mol. The van der Waals surface area contributed by atoms with Crippen LogP contribution in [0, 0.1) is 0 Å². The van der Waals surface area contributed by atoms with Crippen molar-refractivity contribution in [3.05, 3.63) is 0 Å². The van der Waals surface area contributed by atoms with Gasteiger partial charge < -0.3 is 18.5 Å². The first-order chi connectivity index (χ1) is 7.60. The third-order valence-electron chi connectivity index (χ3n) is 2.80. The van der Waals surface area contributed by atoms with Gasteiger partial charge in [-0.2, -0.15) is 0 Å². The smallest absolute Gasteiger partial charge is 0.339 e. The van der Waals surface area contributed by atoms with E-state index in [1.54, 1.807) is 14.2 Å². The Labute approximate surface area is 101 Å². The molecule has 0 saturated carbocycles. The summed E-state index contributed by atoms with van der Waals surface area (Å²) in [6.45, 7) is 4.76. The number of hydrogen-bond acceptors (Lipinski definition) is 4. The van der Waals surface area contributed by atoms with E-state index in [1.807, 2.05) is 0 Å². The van der Waals surface area contributed by atoms with Crippen molar-refractivity contribution in [2.75, 3.05) is 48.1 Å². The predicted molar refractivity (Wildman–Crippen MR) is 69.1 cm³/mol. The topological polar surface area (TPSA) is 30.9 Å². The molecule has 4 nitrogen and oxygen atoms in total. The lowest BCUT2D eigenvalue weighted by Gasteiger charge is -2.25. The van der Waals surface area contributed by atoms with Gasteiger partial charge in [-0.1, -0.05) is 6.92 Å². The zero-order valence-corrected chi connectivity index (χ0v) is 12.4. The number of hydrogen-bond donors (Lipinski definition) is 0. The van der Waals surface area contributed by atoms with Crippen LogP contribution in [-0.2, 0) is 13.6 Å². The molecule has 0 unspecified atom stereocenters. The normalized spacial score (nSPS) is 12.4. The highest BCUT2D eigenvalue weighted by molar-refractivity contribution is 6.67. The summed E-state index contributed by atoms with van der Waals surface area (Å²) in [5, 5.41) is 0. The van der Waals surface area contributed by atoms with Crippen LogP contribution in [0.2, 0.25) is 12.1 Å². The molecular formula is C11H27NO3Si. The summed E-state index contributed by atoms with van der Waals surface area (Å²) in [4.78, 5) is 2.17. The zero-order chi connectivity index (χ0) is 12.4. The fourth-order valence-electron chi connectivity index (χ4n) is 1.57. The van der Waals surface area contributed by atoms with Gasteiger partial charge in [-0.3, -0.25) is 0 Å². The summed E-state index contributed by atoms with van der Waals surface area (Å²) in [6.07, 6.45) is 1.08. The van der Waals surface area contributed by atoms with Gasteiger partial charge in [-0.15, -0.1) is 0 Å². The molecule has 0 radical (unpaired) electrons. The minimum atomic E-state index is -1.93. The van der Waals surface area contributed by atoms with E-state index < -0.39 is 8.56 Å². The lowest BCUT2D eigenvalue weighted by Crippen LogP contribution is -2.40. The summed E-state index contributed by atoms with van der Waals surface area (Å²) in [5.74, 6) is 0. The third kappa shape index (κ3) is 6.60. The molecule has 0 aromatic carbocycles. The van der Waals surface area contributed by atoms with E-state index in [2.05, 4.69) is 25.9 Å². The van der Waals surface area contributed by atoms with Crippen LogP contribution in [0.3, 0.4) is 0 Å². The van der Waals surface area contributed by atoms with Crippen molar-refractivity contribution in [2.24, 2.45) is 0 Å². The van der Waals surface area contributed by atoms with Gasteiger partial charge >= 0.3 is 8.56 Å². The van der Waals surface area contributed by atoms with Crippen LogP contribution < -0.4 is 0 Å². The van der Waals surface area contributed by atoms with Crippen molar-refractivity contribution in [1.29, 1.82) is 0 Å². The Morgan fingerprint density at radius 1 is 1.06 bits per heavy atom. The molecule has 0 aromatic heterocycles. The highest BCUT2D eigenvalue weighted by Crippen LogP contribution is 2.16. The van der Waals surface area contributed by atoms with Crippen molar-refractivity contribution in [1.82, 2.24) is 4.90 Å². The molecule has 0 aliphatic heterocycles. The van der Waals surface area contributed by atoms with E-state index >= 15 is 0 Å². The molecule has 0 bridgehead atoms. The summed E-state index contributed by atoms with van der Waals surface area (Å²) < 4.78 is 16.6. The molecule has 0 saturated heterocycles. The van der Waals surface area contributed by atoms with Crippen LogP contribution in [0.25, 0.3) is 0 Å². The van der Waals surface area contributed by atoms with Gasteiger partial charge in [0.1, 0.15) is 0 Å². The lowest BCUT2D eigenvalue weighted by molar-refractivity contribution is 0.127. The Hall–Kier alpha value is 0.0569. The number of ether oxygens (including phenoxy) is 1. The Balaban J connectivity index is 3.55. The molecule has 0 N–H and O–H groups in total. The molecule has 0 aliphatic carbocycles. The first kappa shape index (κ1) is 16.1. The molecule has 98 valence electrons. The molecule has 0 atom stereocenters. The van der Waals surface area contributed by atoms with Gasteiger partial charge in [0.15, 0.2) is 0 Å². The standard InChI is InChI=1S/C11H27NO3Si/c1-6-16(13-4,14-5)11-10-15-9-7-8-12(2)3/h6-11H2,1-5H3. The van der Waals surface area contributed by atoms with Crippen LogP contribution in [0.15, 0.2) is 0 Å². The maximum Gasteiger partial charge on any atom is 0.339 e. The fraction of sp³-hybridized carbons (Fsp3) is 1.00. The molecule has 0 heterocycles. The second-order valence-electron chi connectivity index (χ2n) is 4.19. The maximum absolute atomic E-state index is 5.59. The molecule has 0 fully saturated rings. The average Bonchev–Trinajstić information content (AvgIpc) is 2.29. The monoisotopic (exact) mass is 249 g/mol. The molecule has 0 spiro atoms. The van der Waals surface area contributed by atoms with Gasteiger partial charge in [0.05, 0.1) is 0 Å². The van der Waals surface area contributed by atoms with Crippen molar-refractivity contribution in [3.63, 3.8) is 0 Å². The molecule has 0 rings (SSSR count). The lowest BCUT2D eigenvalue weighted by atomic mass is 10.4. The van der Waals surface area contributed by atoms with Crippen LogP contribution >= 0.6 is 0 Å². The Kier molecular flexibility index (Phi) is 9.16. The second kappa shape index (κ2) is 9.12. The average molecular weight is 249 g/mol. The number of nitrogens with zero attached hydrogens (tertiary/aromatic N) is 1. The van der Waals surface area contributed by atoms with Gasteiger partial charge in [-0.25, -0.2) is 0 Å². The van der Waals surface area contributed by atoms with E-state index in [9.17, 15) is 0 Å². The first-order valence-corrected chi connectivity index (χ1v) is 8.16. The summed E-state index contributed by atoms with van der Waals surface area (Å²) >= 11 is 0. The molecule has 0 amide bonds. The SMILES string of the molecule is CC[Si](CCOCCCN(C)C)(OC)OC. The molecule has 0 aliphatic rings. The summed E-state index contributed by atoms with van der Waals surface area (Å²) in [5.41, 5.74) is 0. The van der Waals surface area contributed by atoms with Crippen LogP contribution in [0.4, 0.5) is 0 Å². The van der Waals surface area contributed by atoms with E-state index in [0.717, 1.165) is 38.3 Å². The van der Waals surface area contributed by atoms with Gasteiger partial charge in [0.25, 0.3) is 0 Å². The molecule has 0 aromatic rings. The Bertz CT molecular complexity index is 155.